The van der Waals surface area contributed by atoms with E-state index in [1.807, 2.05) is 11.5 Å². The molecule has 0 fully saturated rings. The Labute approximate surface area is 197 Å². The Morgan fingerprint density at radius 2 is 2.12 bits per heavy atom. The SMILES string of the molecule is C=C(N/N=C\F)c1cc(C(=O)Nc2ccc(OC(F)(F)Cl)cc2)cc2nc3n(c12)[C@H](C)CCO3. The molecule has 0 spiro atoms. The second-order valence-corrected chi connectivity index (χ2v) is 7.93. The first-order valence-corrected chi connectivity index (χ1v) is 10.5. The molecule has 178 valence electrons. The van der Waals surface area contributed by atoms with E-state index in [0.717, 1.165) is 6.42 Å². The molecule has 0 saturated carbocycles. The number of fused-ring (bicyclic) bond motifs is 3. The molecule has 1 aliphatic rings. The molecule has 34 heavy (non-hydrogen) atoms. The van der Waals surface area contributed by atoms with Crippen molar-refractivity contribution in [2.45, 2.75) is 25.0 Å². The van der Waals surface area contributed by atoms with Gasteiger partial charge in [0.05, 0.1) is 23.3 Å². The third-order valence-corrected chi connectivity index (χ3v) is 5.22. The maximum Gasteiger partial charge on any atom is 0.487 e. The number of imidazole rings is 1. The first kappa shape index (κ1) is 23.4. The van der Waals surface area contributed by atoms with Crippen LogP contribution in [0.1, 0.15) is 35.3 Å². The predicted molar refractivity (Wildman–Crippen MR) is 122 cm³/mol. The number of halogens is 4. The number of alkyl halides is 3. The fourth-order valence-corrected chi connectivity index (χ4v) is 3.73. The summed E-state index contributed by atoms with van der Waals surface area (Å²) in [5.41, 5.74) is 1.08. The van der Waals surface area contributed by atoms with E-state index in [1.165, 1.54) is 24.3 Å². The summed E-state index contributed by atoms with van der Waals surface area (Å²) in [5.74, 6) is -0.670. The number of ether oxygens (including phenoxy) is 2. The summed E-state index contributed by atoms with van der Waals surface area (Å²) >= 11 is 4.75. The molecule has 3 aromatic rings. The lowest BCUT2D eigenvalue weighted by Gasteiger charge is -2.23. The molecule has 0 bridgehead atoms. The minimum absolute atomic E-state index is 0.0748. The van der Waals surface area contributed by atoms with Crippen LogP contribution in [-0.4, -0.2) is 34.1 Å². The molecule has 1 atom stereocenters. The highest BCUT2D eigenvalue weighted by molar-refractivity contribution is 6.20. The first-order valence-electron chi connectivity index (χ1n) is 10.1. The third kappa shape index (κ3) is 4.93. The average Bonchev–Trinajstić information content (AvgIpc) is 3.17. The van der Waals surface area contributed by atoms with E-state index in [1.54, 1.807) is 12.1 Å². The number of nitrogens with one attached hydrogen (secondary N) is 2. The Morgan fingerprint density at radius 3 is 2.79 bits per heavy atom. The molecule has 0 aliphatic carbocycles. The zero-order chi connectivity index (χ0) is 24.5. The van der Waals surface area contributed by atoms with E-state index in [9.17, 15) is 18.0 Å². The van der Waals surface area contributed by atoms with E-state index in [4.69, 9.17) is 16.3 Å². The number of carbonyl (C=O) groups is 1. The van der Waals surface area contributed by atoms with Crippen LogP contribution < -0.4 is 20.2 Å². The van der Waals surface area contributed by atoms with Gasteiger partial charge < -0.3 is 14.8 Å². The van der Waals surface area contributed by atoms with Gasteiger partial charge in [-0.25, -0.2) is 0 Å². The standard InChI is InChI=1S/C22H19ClF3N5O3/c1-12-7-8-33-21-29-18-10-14(9-17(19(18)31(12)21)13(2)30-27-11-24)20(32)28-15-3-5-16(6-4-15)34-22(23,25)26/h3-6,9-12,30H,2,7-8H2,1H3,(H,28,32)/b27-11-/t12-/m1/s1. The van der Waals surface area contributed by atoms with Gasteiger partial charge in [0.1, 0.15) is 5.75 Å². The number of hydrogen-bond acceptors (Lipinski definition) is 6. The molecule has 2 N–H and O–H groups in total. The summed E-state index contributed by atoms with van der Waals surface area (Å²) in [5, 5.41) is 6.04. The highest BCUT2D eigenvalue weighted by atomic mass is 35.5. The average molecular weight is 494 g/mol. The van der Waals surface area contributed by atoms with Gasteiger partial charge in [0.15, 0.2) is 6.47 Å². The Morgan fingerprint density at radius 1 is 1.38 bits per heavy atom. The second kappa shape index (κ2) is 9.26. The van der Waals surface area contributed by atoms with Crippen molar-refractivity contribution >= 4 is 46.4 Å². The lowest BCUT2D eigenvalue weighted by Crippen LogP contribution is -2.19. The molecule has 4 rings (SSSR count). The fraction of sp³-hybridized carbons (Fsp3) is 0.227. The summed E-state index contributed by atoms with van der Waals surface area (Å²) in [6, 6.07) is 8.89. The summed E-state index contributed by atoms with van der Waals surface area (Å²) in [7, 11) is 0. The van der Waals surface area contributed by atoms with Crippen LogP contribution in [0, 0.1) is 0 Å². The molecule has 0 unspecified atom stereocenters. The zero-order valence-electron chi connectivity index (χ0n) is 17.8. The van der Waals surface area contributed by atoms with Crippen molar-refractivity contribution in [3.05, 3.63) is 54.1 Å². The summed E-state index contributed by atoms with van der Waals surface area (Å²) in [6.07, 6.45) is 0.762. The molecule has 1 aromatic heterocycles. The number of amides is 1. The largest absolute Gasteiger partial charge is 0.487 e. The van der Waals surface area contributed by atoms with Gasteiger partial charge in [-0.15, -0.1) is 8.78 Å². The molecule has 8 nitrogen and oxygen atoms in total. The van der Waals surface area contributed by atoms with Crippen molar-refractivity contribution in [1.82, 2.24) is 15.0 Å². The van der Waals surface area contributed by atoms with E-state index >= 15 is 0 Å². The normalized spacial score (nSPS) is 15.6. The summed E-state index contributed by atoms with van der Waals surface area (Å²) < 4.78 is 49.8. The quantitative estimate of drug-likeness (QED) is 0.266. The van der Waals surface area contributed by atoms with Crippen molar-refractivity contribution in [1.29, 1.82) is 0 Å². The Hall–Kier alpha value is -3.73. The minimum atomic E-state index is -3.84. The lowest BCUT2D eigenvalue weighted by molar-refractivity contribution is -0.0964. The molecule has 0 saturated heterocycles. The molecule has 12 heteroatoms. The maximum atomic E-state index is 13.0. The fourth-order valence-electron chi connectivity index (χ4n) is 3.64. The van der Waals surface area contributed by atoms with Crippen LogP contribution in [0.5, 0.6) is 11.8 Å². The number of rotatable bonds is 7. The molecule has 1 amide bonds. The van der Waals surface area contributed by atoms with Crippen molar-refractivity contribution in [3.8, 4) is 11.8 Å². The molecule has 2 aromatic carbocycles. The zero-order valence-corrected chi connectivity index (χ0v) is 18.6. The van der Waals surface area contributed by atoms with E-state index in [-0.39, 0.29) is 29.5 Å². The Balaban J connectivity index is 1.68. The Kier molecular flexibility index (Phi) is 6.38. The molecule has 1 aliphatic heterocycles. The van der Waals surface area contributed by atoms with Crippen LogP contribution >= 0.6 is 11.6 Å². The number of anilines is 1. The molecular formula is C22H19ClF3N5O3. The first-order chi connectivity index (χ1) is 16.2. The Bertz CT molecular complexity index is 1270. The van der Waals surface area contributed by atoms with Crippen LogP contribution in [0.3, 0.4) is 0 Å². The van der Waals surface area contributed by atoms with Gasteiger partial charge in [0.25, 0.3) is 11.9 Å². The van der Waals surface area contributed by atoms with Gasteiger partial charge >= 0.3 is 5.57 Å². The van der Waals surface area contributed by atoms with Crippen LogP contribution in [0.4, 0.5) is 18.9 Å². The third-order valence-electron chi connectivity index (χ3n) is 5.14. The van der Waals surface area contributed by atoms with Gasteiger partial charge in [-0.1, -0.05) is 6.58 Å². The number of carbonyl (C=O) groups excluding carboxylic acids is 1. The predicted octanol–water partition coefficient (Wildman–Crippen LogP) is 5.27. The molecule has 2 heterocycles. The number of hydrazone groups is 1. The number of aromatic nitrogens is 2. The van der Waals surface area contributed by atoms with Crippen molar-refractivity contribution in [3.63, 3.8) is 0 Å². The van der Waals surface area contributed by atoms with Gasteiger partial charge in [0, 0.05) is 40.9 Å². The minimum Gasteiger partial charge on any atom is -0.465 e. The summed E-state index contributed by atoms with van der Waals surface area (Å²) in [6.45, 7) is 6.51. The van der Waals surface area contributed by atoms with Gasteiger partial charge in [-0.05, 0) is 43.3 Å². The van der Waals surface area contributed by atoms with Crippen molar-refractivity contribution < 1.29 is 27.4 Å². The lowest BCUT2D eigenvalue weighted by atomic mass is 10.0. The highest BCUT2D eigenvalue weighted by Gasteiger charge is 2.28. The van der Waals surface area contributed by atoms with Gasteiger partial charge in [0.2, 0.25) is 0 Å². The maximum absolute atomic E-state index is 13.0. The van der Waals surface area contributed by atoms with Crippen LogP contribution in [0.25, 0.3) is 16.7 Å². The van der Waals surface area contributed by atoms with E-state index < -0.39 is 11.5 Å². The van der Waals surface area contributed by atoms with Gasteiger partial charge in [-0.3, -0.25) is 14.8 Å². The number of nitrogens with zero attached hydrogens (tertiary/aromatic N) is 3. The van der Waals surface area contributed by atoms with E-state index in [2.05, 4.69) is 32.1 Å². The van der Waals surface area contributed by atoms with Crippen molar-refractivity contribution in [2.75, 3.05) is 11.9 Å². The second-order valence-electron chi connectivity index (χ2n) is 7.49. The monoisotopic (exact) mass is 493 g/mol. The van der Waals surface area contributed by atoms with Crippen LogP contribution in [0.2, 0.25) is 0 Å². The van der Waals surface area contributed by atoms with E-state index in [0.29, 0.717) is 34.9 Å². The smallest absolute Gasteiger partial charge is 0.465 e. The summed E-state index contributed by atoms with van der Waals surface area (Å²) in [4.78, 5) is 17.5. The molecule has 0 radical (unpaired) electrons. The topological polar surface area (TPSA) is 89.8 Å². The number of hydrogen-bond donors (Lipinski definition) is 2. The van der Waals surface area contributed by atoms with Gasteiger partial charge in [-0.2, -0.15) is 14.5 Å². The van der Waals surface area contributed by atoms with Crippen molar-refractivity contribution in [2.24, 2.45) is 5.10 Å². The van der Waals surface area contributed by atoms with Crippen LogP contribution in [0.15, 0.2) is 48.1 Å². The van der Waals surface area contributed by atoms with Crippen LogP contribution in [-0.2, 0) is 0 Å². The number of benzene rings is 2. The highest BCUT2D eigenvalue weighted by Crippen LogP contribution is 2.35. The molecular weight excluding hydrogens is 475 g/mol.